The Morgan fingerprint density at radius 1 is 1.28 bits per heavy atom. The van der Waals surface area contributed by atoms with E-state index in [0.29, 0.717) is 12.8 Å². The molecule has 0 aliphatic heterocycles. The molecule has 96 valence electrons. The summed E-state index contributed by atoms with van der Waals surface area (Å²) in [5.74, 6) is -0.758. The van der Waals surface area contributed by atoms with E-state index in [9.17, 15) is 9.90 Å². The predicted molar refractivity (Wildman–Crippen MR) is 72.9 cm³/mol. The Hall–Kier alpha value is -1.77. The van der Waals surface area contributed by atoms with E-state index in [1.165, 1.54) is 0 Å². The molecular formula is C15H19NO2. The normalized spacial score (nSPS) is 11.9. The number of fused-ring (bicyclic) bond motifs is 1. The predicted octanol–water partition coefficient (Wildman–Crippen LogP) is 3.55. The van der Waals surface area contributed by atoms with E-state index >= 15 is 0 Å². The maximum Gasteiger partial charge on any atom is 0.329 e. The van der Waals surface area contributed by atoms with Crippen LogP contribution in [0.2, 0.25) is 0 Å². The van der Waals surface area contributed by atoms with Gasteiger partial charge in [0, 0.05) is 11.7 Å². The zero-order chi connectivity index (χ0) is 13.3. The quantitative estimate of drug-likeness (QED) is 0.895. The SMILES string of the molecule is CCC(CC)(C(=O)O)n1ccc2ccc(C)cc21. The Balaban J connectivity index is 2.72. The Morgan fingerprint density at radius 3 is 2.50 bits per heavy atom. The summed E-state index contributed by atoms with van der Waals surface area (Å²) in [5, 5.41) is 10.7. The van der Waals surface area contributed by atoms with Crippen molar-refractivity contribution in [2.45, 2.75) is 39.2 Å². The number of nitrogens with zero attached hydrogens (tertiary/aromatic N) is 1. The highest BCUT2D eigenvalue weighted by Gasteiger charge is 2.37. The van der Waals surface area contributed by atoms with Gasteiger partial charge in [-0.05, 0) is 42.8 Å². The third-order valence-corrected chi connectivity index (χ3v) is 3.88. The fourth-order valence-corrected chi connectivity index (χ4v) is 2.61. The number of carbonyl (C=O) groups is 1. The molecule has 2 aromatic rings. The standard InChI is InChI=1S/C15H19NO2/c1-4-15(5-2,14(17)18)16-9-8-12-7-6-11(3)10-13(12)16/h6-10H,4-5H2,1-3H3,(H,17,18). The minimum absolute atomic E-state index is 0.580. The van der Waals surface area contributed by atoms with Crippen molar-refractivity contribution < 1.29 is 9.90 Å². The lowest BCUT2D eigenvalue weighted by Crippen LogP contribution is -2.40. The Morgan fingerprint density at radius 2 is 1.94 bits per heavy atom. The molecule has 18 heavy (non-hydrogen) atoms. The minimum atomic E-state index is -0.838. The van der Waals surface area contributed by atoms with Crippen molar-refractivity contribution in [1.82, 2.24) is 4.57 Å². The summed E-state index contributed by atoms with van der Waals surface area (Å²) >= 11 is 0. The first kappa shape index (κ1) is 12.7. The maximum atomic E-state index is 11.7. The molecule has 0 saturated carbocycles. The Labute approximate surface area is 107 Å². The number of rotatable bonds is 4. The van der Waals surface area contributed by atoms with Gasteiger partial charge in [-0.15, -0.1) is 0 Å². The molecule has 1 N–H and O–H groups in total. The van der Waals surface area contributed by atoms with Gasteiger partial charge in [0.25, 0.3) is 0 Å². The van der Waals surface area contributed by atoms with Gasteiger partial charge in [0.1, 0.15) is 5.54 Å². The molecule has 0 aliphatic rings. The zero-order valence-corrected chi connectivity index (χ0v) is 11.1. The van der Waals surface area contributed by atoms with Crippen LogP contribution in [0.3, 0.4) is 0 Å². The fourth-order valence-electron chi connectivity index (χ4n) is 2.61. The summed E-state index contributed by atoms with van der Waals surface area (Å²) in [6, 6.07) is 8.13. The van der Waals surface area contributed by atoms with Crippen LogP contribution in [0.1, 0.15) is 32.3 Å². The summed E-state index contributed by atoms with van der Waals surface area (Å²) in [4.78, 5) is 11.7. The van der Waals surface area contributed by atoms with Gasteiger partial charge in [-0.3, -0.25) is 0 Å². The van der Waals surface area contributed by atoms with Crippen molar-refractivity contribution >= 4 is 16.9 Å². The fraction of sp³-hybridized carbons (Fsp3) is 0.400. The molecular weight excluding hydrogens is 226 g/mol. The van der Waals surface area contributed by atoms with Gasteiger partial charge in [-0.1, -0.05) is 26.0 Å². The molecule has 0 atom stereocenters. The van der Waals surface area contributed by atoms with Crippen molar-refractivity contribution in [2.24, 2.45) is 0 Å². The molecule has 0 fully saturated rings. The summed E-state index contributed by atoms with van der Waals surface area (Å²) in [6.07, 6.45) is 3.05. The summed E-state index contributed by atoms with van der Waals surface area (Å²) in [6.45, 7) is 5.88. The second-order valence-electron chi connectivity index (χ2n) is 4.79. The van der Waals surface area contributed by atoms with E-state index in [1.54, 1.807) is 0 Å². The van der Waals surface area contributed by atoms with Crippen LogP contribution >= 0.6 is 0 Å². The van der Waals surface area contributed by atoms with Gasteiger partial charge in [0.15, 0.2) is 0 Å². The molecule has 0 bridgehead atoms. The number of benzene rings is 1. The average Bonchev–Trinajstić information content (AvgIpc) is 2.75. The van der Waals surface area contributed by atoms with Crippen molar-refractivity contribution in [3.05, 3.63) is 36.0 Å². The van der Waals surface area contributed by atoms with Gasteiger partial charge in [0.05, 0.1) is 0 Å². The smallest absolute Gasteiger partial charge is 0.329 e. The lowest BCUT2D eigenvalue weighted by Gasteiger charge is -2.30. The topological polar surface area (TPSA) is 42.2 Å². The Bertz CT molecular complexity index is 579. The van der Waals surface area contributed by atoms with Crippen LogP contribution in [-0.4, -0.2) is 15.6 Å². The van der Waals surface area contributed by atoms with Crippen LogP contribution in [0, 0.1) is 6.92 Å². The zero-order valence-electron chi connectivity index (χ0n) is 11.1. The molecule has 2 rings (SSSR count). The highest BCUT2D eigenvalue weighted by atomic mass is 16.4. The lowest BCUT2D eigenvalue weighted by molar-refractivity contribution is -0.147. The number of aromatic nitrogens is 1. The minimum Gasteiger partial charge on any atom is -0.479 e. The average molecular weight is 245 g/mol. The molecule has 0 radical (unpaired) electrons. The number of carboxylic acid groups (broad SMARTS) is 1. The molecule has 0 spiro atoms. The number of hydrogen-bond donors (Lipinski definition) is 1. The number of aliphatic carboxylic acids is 1. The van der Waals surface area contributed by atoms with Crippen LogP contribution < -0.4 is 0 Å². The van der Waals surface area contributed by atoms with Crippen LogP contribution in [-0.2, 0) is 10.3 Å². The number of aryl methyl sites for hydroxylation is 1. The van der Waals surface area contributed by atoms with E-state index in [2.05, 4.69) is 6.07 Å². The molecule has 1 aromatic heterocycles. The molecule has 3 nitrogen and oxygen atoms in total. The van der Waals surface area contributed by atoms with Crippen LogP contribution in [0.25, 0.3) is 10.9 Å². The third kappa shape index (κ3) is 1.70. The molecule has 0 aliphatic carbocycles. The number of carboxylic acids is 1. The Kier molecular flexibility index (Phi) is 3.16. The van der Waals surface area contributed by atoms with Crippen LogP contribution in [0.5, 0.6) is 0 Å². The van der Waals surface area contributed by atoms with Crippen LogP contribution in [0.15, 0.2) is 30.5 Å². The first-order valence-corrected chi connectivity index (χ1v) is 6.36. The van der Waals surface area contributed by atoms with E-state index in [-0.39, 0.29) is 0 Å². The number of hydrogen-bond acceptors (Lipinski definition) is 1. The largest absolute Gasteiger partial charge is 0.479 e. The van der Waals surface area contributed by atoms with Gasteiger partial charge in [-0.2, -0.15) is 0 Å². The lowest BCUT2D eigenvalue weighted by atomic mass is 9.92. The van der Waals surface area contributed by atoms with Crippen molar-refractivity contribution in [2.75, 3.05) is 0 Å². The van der Waals surface area contributed by atoms with Crippen molar-refractivity contribution in [3.63, 3.8) is 0 Å². The summed E-state index contributed by atoms with van der Waals surface area (Å²) in [7, 11) is 0. The van der Waals surface area contributed by atoms with E-state index in [4.69, 9.17) is 0 Å². The van der Waals surface area contributed by atoms with Gasteiger partial charge < -0.3 is 9.67 Å². The molecule has 1 aromatic carbocycles. The van der Waals surface area contributed by atoms with Crippen molar-refractivity contribution in [3.8, 4) is 0 Å². The highest BCUT2D eigenvalue weighted by molar-refractivity contribution is 5.85. The van der Waals surface area contributed by atoms with Crippen LogP contribution in [0.4, 0.5) is 0 Å². The van der Waals surface area contributed by atoms with E-state index in [0.717, 1.165) is 16.5 Å². The summed E-state index contributed by atoms with van der Waals surface area (Å²) < 4.78 is 1.91. The highest BCUT2D eigenvalue weighted by Crippen LogP contribution is 2.31. The second-order valence-corrected chi connectivity index (χ2v) is 4.79. The molecule has 0 unspecified atom stereocenters. The molecule has 0 amide bonds. The second kappa shape index (κ2) is 4.48. The monoisotopic (exact) mass is 245 g/mol. The summed E-state index contributed by atoms with van der Waals surface area (Å²) in [5.41, 5.74) is 1.31. The first-order valence-electron chi connectivity index (χ1n) is 6.36. The van der Waals surface area contributed by atoms with Crippen molar-refractivity contribution in [1.29, 1.82) is 0 Å². The van der Waals surface area contributed by atoms with Gasteiger partial charge in [-0.25, -0.2) is 4.79 Å². The third-order valence-electron chi connectivity index (χ3n) is 3.88. The molecule has 3 heteroatoms. The maximum absolute atomic E-state index is 11.7. The van der Waals surface area contributed by atoms with E-state index in [1.807, 2.05) is 49.7 Å². The van der Waals surface area contributed by atoms with Gasteiger partial charge in [0.2, 0.25) is 0 Å². The first-order chi connectivity index (χ1) is 8.55. The van der Waals surface area contributed by atoms with Gasteiger partial charge >= 0.3 is 5.97 Å². The van der Waals surface area contributed by atoms with E-state index < -0.39 is 11.5 Å². The molecule has 0 saturated heterocycles. The molecule has 1 heterocycles.